The van der Waals surface area contributed by atoms with E-state index < -0.39 is 0 Å². The topological polar surface area (TPSA) is 41.8 Å². The molecule has 13 heavy (non-hydrogen) atoms. The van der Waals surface area contributed by atoms with Gasteiger partial charge in [0.2, 0.25) is 0 Å². The zero-order chi connectivity index (χ0) is 9.26. The summed E-state index contributed by atoms with van der Waals surface area (Å²) in [7, 11) is 0. The summed E-state index contributed by atoms with van der Waals surface area (Å²) in [4.78, 5) is 12.1. The molecule has 0 aliphatic carbocycles. The third-order valence-corrected chi connectivity index (χ3v) is 2.72. The standard InChI is InChI=1S/C9H8N2OS/c1-6-5-7(10-11-9(6)12)8-3-2-4-13-8/h2-6H,1H3. The van der Waals surface area contributed by atoms with Gasteiger partial charge in [0.1, 0.15) is 0 Å². The molecule has 0 bridgehead atoms. The molecule has 0 aromatic carbocycles. The molecular weight excluding hydrogens is 184 g/mol. The number of azo groups is 1. The summed E-state index contributed by atoms with van der Waals surface area (Å²) < 4.78 is 0. The maximum absolute atomic E-state index is 11.0. The molecule has 0 saturated carbocycles. The Labute approximate surface area is 79.8 Å². The number of amides is 1. The lowest BCUT2D eigenvalue weighted by Crippen LogP contribution is -2.07. The fraction of sp³-hybridized carbons (Fsp3) is 0.222. The first kappa shape index (κ1) is 8.31. The van der Waals surface area contributed by atoms with Crippen molar-refractivity contribution in [3.63, 3.8) is 0 Å². The highest BCUT2D eigenvalue weighted by Gasteiger charge is 2.16. The molecule has 1 atom stereocenters. The summed E-state index contributed by atoms with van der Waals surface area (Å²) in [5.41, 5.74) is 0.808. The summed E-state index contributed by atoms with van der Waals surface area (Å²) in [5.74, 6) is -0.310. The van der Waals surface area contributed by atoms with E-state index in [2.05, 4.69) is 10.2 Å². The molecular formula is C9H8N2OS. The van der Waals surface area contributed by atoms with Crippen molar-refractivity contribution in [1.29, 1.82) is 0 Å². The van der Waals surface area contributed by atoms with E-state index in [1.807, 2.05) is 30.5 Å². The van der Waals surface area contributed by atoms with Crippen LogP contribution in [0.1, 0.15) is 11.8 Å². The average Bonchev–Trinajstić information content (AvgIpc) is 2.62. The quantitative estimate of drug-likeness (QED) is 0.674. The molecule has 1 aromatic rings. The van der Waals surface area contributed by atoms with Crippen molar-refractivity contribution in [2.24, 2.45) is 16.1 Å². The lowest BCUT2D eigenvalue weighted by Gasteiger charge is -2.06. The van der Waals surface area contributed by atoms with Crippen LogP contribution >= 0.6 is 11.3 Å². The van der Waals surface area contributed by atoms with Gasteiger partial charge in [-0.15, -0.1) is 21.6 Å². The fourth-order valence-corrected chi connectivity index (χ4v) is 1.78. The number of nitrogens with zero attached hydrogens (tertiary/aromatic N) is 2. The van der Waals surface area contributed by atoms with E-state index in [0.717, 1.165) is 10.6 Å². The molecule has 1 aliphatic rings. The fourth-order valence-electron chi connectivity index (χ4n) is 1.09. The van der Waals surface area contributed by atoms with Gasteiger partial charge in [-0.1, -0.05) is 6.07 Å². The third-order valence-electron chi connectivity index (χ3n) is 1.83. The second-order valence-electron chi connectivity index (χ2n) is 2.86. The third kappa shape index (κ3) is 1.58. The highest BCUT2D eigenvalue weighted by Crippen LogP contribution is 2.26. The molecule has 4 heteroatoms. The van der Waals surface area contributed by atoms with Crippen LogP contribution in [0.25, 0.3) is 5.70 Å². The largest absolute Gasteiger partial charge is 0.271 e. The second-order valence-corrected chi connectivity index (χ2v) is 3.80. The van der Waals surface area contributed by atoms with Crippen LogP contribution in [0.5, 0.6) is 0 Å². The maximum Gasteiger partial charge on any atom is 0.271 e. The summed E-state index contributed by atoms with van der Waals surface area (Å²) in [6.45, 7) is 1.83. The van der Waals surface area contributed by atoms with Crippen molar-refractivity contribution in [2.75, 3.05) is 0 Å². The van der Waals surface area contributed by atoms with E-state index >= 15 is 0 Å². The van der Waals surface area contributed by atoms with Crippen LogP contribution in [0, 0.1) is 5.92 Å². The van der Waals surface area contributed by atoms with Gasteiger partial charge < -0.3 is 0 Å². The lowest BCUT2D eigenvalue weighted by molar-refractivity contribution is -0.120. The minimum Gasteiger partial charge on any atom is -0.270 e. The number of thiophene rings is 1. The van der Waals surface area contributed by atoms with E-state index in [4.69, 9.17) is 0 Å². The van der Waals surface area contributed by atoms with Crippen LogP contribution in [0.3, 0.4) is 0 Å². The maximum atomic E-state index is 11.0. The van der Waals surface area contributed by atoms with Gasteiger partial charge in [-0.3, -0.25) is 4.79 Å². The van der Waals surface area contributed by atoms with Gasteiger partial charge in [0.05, 0.1) is 16.5 Å². The zero-order valence-electron chi connectivity index (χ0n) is 7.10. The number of hydrogen-bond acceptors (Lipinski definition) is 3. The van der Waals surface area contributed by atoms with Crippen LogP contribution in [0.4, 0.5) is 0 Å². The zero-order valence-corrected chi connectivity index (χ0v) is 7.91. The Morgan fingerprint density at radius 2 is 2.31 bits per heavy atom. The molecule has 1 aromatic heterocycles. The molecule has 2 heterocycles. The van der Waals surface area contributed by atoms with Gasteiger partial charge in [0, 0.05) is 0 Å². The summed E-state index contributed by atoms with van der Waals surface area (Å²) in [6.07, 6.45) is 1.85. The molecule has 0 saturated heterocycles. The number of carbonyl (C=O) groups is 1. The van der Waals surface area contributed by atoms with E-state index in [0.29, 0.717) is 0 Å². The van der Waals surface area contributed by atoms with E-state index in [-0.39, 0.29) is 11.8 Å². The normalized spacial score (nSPS) is 21.8. The highest BCUT2D eigenvalue weighted by atomic mass is 32.1. The molecule has 0 radical (unpaired) electrons. The van der Waals surface area contributed by atoms with E-state index in [9.17, 15) is 4.79 Å². The molecule has 1 unspecified atom stereocenters. The van der Waals surface area contributed by atoms with Gasteiger partial charge >= 0.3 is 0 Å². The van der Waals surface area contributed by atoms with E-state index in [1.54, 1.807) is 11.3 Å². The summed E-state index contributed by atoms with van der Waals surface area (Å²) in [5, 5.41) is 9.40. The van der Waals surface area contributed by atoms with Crippen molar-refractivity contribution in [3.8, 4) is 0 Å². The molecule has 2 rings (SSSR count). The number of rotatable bonds is 1. The monoisotopic (exact) mass is 192 g/mol. The van der Waals surface area contributed by atoms with Crippen molar-refractivity contribution >= 4 is 22.9 Å². The molecule has 66 valence electrons. The van der Waals surface area contributed by atoms with Crippen LogP contribution in [-0.4, -0.2) is 5.91 Å². The molecule has 3 nitrogen and oxygen atoms in total. The SMILES string of the molecule is CC1C=C(c2cccs2)N=NC1=O. The molecule has 0 fully saturated rings. The van der Waals surface area contributed by atoms with Gasteiger partial charge in [0.25, 0.3) is 5.91 Å². The molecule has 0 N–H and O–H groups in total. The van der Waals surface area contributed by atoms with Crippen LogP contribution < -0.4 is 0 Å². The number of carbonyl (C=O) groups excluding carboxylic acids is 1. The minimum absolute atomic E-state index is 0.144. The van der Waals surface area contributed by atoms with Crippen LogP contribution in [0.15, 0.2) is 33.8 Å². The van der Waals surface area contributed by atoms with Gasteiger partial charge in [-0.2, -0.15) is 0 Å². The molecule has 0 spiro atoms. The Morgan fingerprint density at radius 3 is 2.92 bits per heavy atom. The first-order valence-electron chi connectivity index (χ1n) is 3.98. The van der Waals surface area contributed by atoms with Crippen molar-refractivity contribution in [2.45, 2.75) is 6.92 Å². The Bertz CT molecular complexity index is 378. The van der Waals surface area contributed by atoms with E-state index in [1.165, 1.54) is 0 Å². The Balaban J connectivity index is 2.33. The van der Waals surface area contributed by atoms with Crippen LogP contribution in [0.2, 0.25) is 0 Å². The van der Waals surface area contributed by atoms with Crippen molar-refractivity contribution in [3.05, 3.63) is 28.5 Å². The molecule has 1 aliphatic heterocycles. The van der Waals surface area contributed by atoms with Gasteiger partial charge in [-0.05, 0) is 24.4 Å². The second kappa shape index (κ2) is 3.22. The number of hydrogen-bond donors (Lipinski definition) is 0. The van der Waals surface area contributed by atoms with Crippen molar-refractivity contribution in [1.82, 2.24) is 0 Å². The summed E-state index contributed by atoms with van der Waals surface area (Å²) >= 11 is 1.60. The Kier molecular flexibility index (Phi) is 2.06. The van der Waals surface area contributed by atoms with Crippen molar-refractivity contribution < 1.29 is 4.79 Å². The molecule has 1 amide bonds. The minimum atomic E-state index is -0.166. The van der Waals surface area contributed by atoms with Crippen LogP contribution in [-0.2, 0) is 4.79 Å². The highest BCUT2D eigenvalue weighted by molar-refractivity contribution is 7.11. The predicted molar refractivity (Wildman–Crippen MR) is 51.3 cm³/mol. The lowest BCUT2D eigenvalue weighted by atomic mass is 10.1. The Morgan fingerprint density at radius 1 is 1.46 bits per heavy atom. The summed E-state index contributed by atoms with van der Waals surface area (Å²) in [6, 6.07) is 3.93. The first-order chi connectivity index (χ1) is 6.27. The average molecular weight is 192 g/mol. The smallest absolute Gasteiger partial charge is 0.270 e. The predicted octanol–water partition coefficient (Wildman–Crippen LogP) is 2.72. The Hall–Kier alpha value is -1.29. The van der Waals surface area contributed by atoms with Gasteiger partial charge in [0.15, 0.2) is 0 Å². The van der Waals surface area contributed by atoms with Gasteiger partial charge in [-0.25, -0.2) is 0 Å². The first-order valence-corrected chi connectivity index (χ1v) is 4.86.